The van der Waals surface area contributed by atoms with Gasteiger partial charge in [0.05, 0.1) is 6.10 Å². The second kappa shape index (κ2) is 5.29. The molecule has 1 aliphatic rings. The Morgan fingerprint density at radius 3 is 2.07 bits per heavy atom. The molecule has 3 unspecified atom stereocenters. The Kier molecular flexibility index (Phi) is 4.57. The predicted molar refractivity (Wildman–Crippen MR) is 61.3 cm³/mol. The molecule has 1 nitrogen and oxygen atoms in total. The standard InChI is InChI=1S/C13H25FO/c1-8(2)15-13(14)11(5)10(4)12-6-9(3)7-12/h8-13H,6-7H2,1-5H3. The first-order valence-electron chi connectivity index (χ1n) is 6.21. The average Bonchev–Trinajstić information content (AvgIpc) is 2.09. The van der Waals surface area contributed by atoms with E-state index >= 15 is 0 Å². The van der Waals surface area contributed by atoms with Crippen molar-refractivity contribution in [3.05, 3.63) is 0 Å². The van der Waals surface area contributed by atoms with E-state index in [4.69, 9.17) is 4.74 Å². The van der Waals surface area contributed by atoms with E-state index in [0.717, 1.165) is 5.92 Å². The molecule has 1 aliphatic carbocycles. The lowest BCUT2D eigenvalue weighted by atomic mass is 9.67. The third-order valence-corrected chi connectivity index (χ3v) is 3.80. The fraction of sp³-hybridized carbons (Fsp3) is 1.00. The van der Waals surface area contributed by atoms with Gasteiger partial charge in [-0.2, -0.15) is 0 Å². The molecule has 1 fully saturated rings. The summed E-state index contributed by atoms with van der Waals surface area (Å²) in [6.45, 7) is 10.2. The minimum absolute atomic E-state index is 0.0184. The molecule has 0 amide bonds. The summed E-state index contributed by atoms with van der Waals surface area (Å²) in [5.41, 5.74) is 0. The Bertz CT molecular complexity index is 187. The van der Waals surface area contributed by atoms with Gasteiger partial charge >= 0.3 is 0 Å². The van der Waals surface area contributed by atoms with Crippen molar-refractivity contribution in [2.75, 3.05) is 0 Å². The van der Waals surface area contributed by atoms with Crippen LogP contribution in [0.4, 0.5) is 4.39 Å². The van der Waals surface area contributed by atoms with E-state index in [1.165, 1.54) is 12.8 Å². The number of alkyl halides is 1. The summed E-state index contributed by atoms with van der Waals surface area (Å²) in [5, 5.41) is 0. The first kappa shape index (κ1) is 13.0. The van der Waals surface area contributed by atoms with E-state index in [1.54, 1.807) is 0 Å². The first-order chi connectivity index (χ1) is 6.91. The number of hydrogen-bond donors (Lipinski definition) is 0. The monoisotopic (exact) mass is 216 g/mol. The zero-order valence-corrected chi connectivity index (χ0v) is 10.7. The largest absolute Gasteiger partial charge is 0.345 e. The summed E-state index contributed by atoms with van der Waals surface area (Å²) in [7, 11) is 0. The van der Waals surface area contributed by atoms with Crippen molar-refractivity contribution >= 4 is 0 Å². The van der Waals surface area contributed by atoms with E-state index < -0.39 is 6.36 Å². The zero-order valence-electron chi connectivity index (χ0n) is 10.7. The number of halogens is 1. The van der Waals surface area contributed by atoms with Gasteiger partial charge in [0.15, 0.2) is 0 Å². The molecule has 3 atom stereocenters. The number of ether oxygens (including phenoxy) is 1. The van der Waals surface area contributed by atoms with E-state index in [0.29, 0.717) is 11.8 Å². The van der Waals surface area contributed by atoms with Gasteiger partial charge in [0, 0.05) is 5.92 Å². The molecule has 0 spiro atoms. The molecule has 0 N–H and O–H groups in total. The maximum Gasteiger partial charge on any atom is 0.201 e. The van der Waals surface area contributed by atoms with Crippen LogP contribution in [0.25, 0.3) is 0 Å². The lowest BCUT2D eigenvalue weighted by Crippen LogP contribution is -2.35. The van der Waals surface area contributed by atoms with Crippen LogP contribution in [0.1, 0.15) is 47.5 Å². The summed E-state index contributed by atoms with van der Waals surface area (Å²) in [6.07, 6.45) is 1.41. The van der Waals surface area contributed by atoms with Gasteiger partial charge in [0.1, 0.15) is 0 Å². The van der Waals surface area contributed by atoms with Crippen molar-refractivity contribution in [3.8, 4) is 0 Å². The van der Waals surface area contributed by atoms with Crippen molar-refractivity contribution in [1.82, 2.24) is 0 Å². The second-order valence-electron chi connectivity index (χ2n) is 5.59. The lowest BCUT2D eigenvalue weighted by molar-refractivity contribution is -0.122. The summed E-state index contributed by atoms with van der Waals surface area (Å²) >= 11 is 0. The van der Waals surface area contributed by atoms with Crippen LogP contribution in [0.2, 0.25) is 0 Å². The van der Waals surface area contributed by atoms with E-state index in [1.807, 2.05) is 20.8 Å². The van der Waals surface area contributed by atoms with Crippen molar-refractivity contribution in [2.45, 2.75) is 59.9 Å². The number of hydrogen-bond acceptors (Lipinski definition) is 1. The molecule has 0 saturated heterocycles. The Morgan fingerprint density at radius 1 is 1.13 bits per heavy atom. The van der Waals surface area contributed by atoms with E-state index in [9.17, 15) is 4.39 Å². The highest BCUT2D eigenvalue weighted by Crippen LogP contribution is 2.42. The van der Waals surface area contributed by atoms with Gasteiger partial charge in [-0.3, -0.25) is 0 Å². The maximum atomic E-state index is 13.7. The Labute approximate surface area is 93.4 Å². The van der Waals surface area contributed by atoms with Crippen LogP contribution >= 0.6 is 0 Å². The second-order valence-corrected chi connectivity index (χ2v) is 5.59. The van der Waals surface area contributed by atoms with Crippen molar-refractivity contribution < 1.29 is 9.13 Å². The minimum Gasteiger partial charge on any atom is -0.345 e. The summed E-state index contributed by atoms with van der Waals surface area (Å²) in [5.74, 6) is 2.01. The summed E-state index contributed by atoms with van der Waals surface area (Å²) < 4.78 is 18.9. The van der Waals surface area contributed by atoms with Crippen LogP contribution in [-0.2, 0) is 4.74 Å². The molecule has 15 heavy (non-hydrogen) atoms. The van der Waals surface area contributed by atoms with Crippen molar-refractivity contribution in [3.63, 3.8) is 0 Å². The smallest absolute Gasteiger partial charge is 0.201 e. The third kappa shape index (κ3) is 3.44. The SMILES string of the molecule is CC1CC(C(C)C(C)C(F)OC(C)C)C1. The molecule has 1 rings (SSSR count). The summed E-state index contributed by atoms with van der Waals surface area (Å²) in [6, 6.07) is 0. The van der Waals surface area contributed by atoms with Crippen LogP contribution in [-0.4, -0.2) is 12.5 Å². The van der Waals surface area contributed by atoms with Gasteiger partial charge < -0.3 is 4.74 Å². The Hall–Kier alpha value is -0.110. The lowest BCUT2D eigenvalue weighted by Gasteiger charge is -2.40. The Morgan fingerprint density at radius 2 is 1.67 bits per heavy atom. The van der Waals surface area contributed by atoms with Crippen LogP contribution in [0.15, 0.2) is 0 Å². The van der Waals surface area contributed by atoms with E-state index in [2.05, 4.69) is 13.8 Å². The molecule has 0 aromatic carbocycles. The zero-order chi connectivity index (χ0) is 11.6. The predicted octanol–water partition coefficient (Wildman–Crippen LogP) is 4.03. The topological polar surface area (TPSA) is 9.23 Å². The fourth-order valence-corrected chi connectivity index (χ4v) is 2.45. The maximum absolute atomic E-state index is 13.7. The van der Waals surface area contributed by atoms with Crippen LogP contribution < -0.4 is 0 Å². The molecule has 2 heteroatoms. The molecular weight excluding hydrogens is 191 g/mol. The van der Waals surface area contributed by atoms with Crippen molar-refractivity contribution in [2.24, 2.45) is 23.7 Å². The van der Waals surface area contributed by atoms with Gasteiger partial charge in [0.25, 0.3) is 0 Å². The normalized spacial score (nSPS) is 32.2. The van der Waals surface area contributed by atoms with Gasteiger partial charge in [-0.05, 0) is 44.4 Å². The van der Waals surface area contributed by atoms with Gasteiger partial charge in [-0.25, -0.2) is 4.39 Å². The highest BCUT2D eigenvalue weighted by atomic mass is 19.1. The molecule has 0 aromatic heterocycles. The average molecular weight is 216 g/mol. The molecule has 0 aliphatic heterocycles. The number of rotatable bonds is 5. The van der Waals surface area contributed by atoms with Gasteiger partial charge in [0.2, 0.25) is 6.36 Å². The minimum atomic E-state index is -1.10. The third-order valence-electron chi connectivity index (χ3n) is 3.80. The molecule has 0 radical (unpaired) electrons. The molecule has 1 saturated carbocycles. The van der Waals surface area contributed by atoms with Crippen LogP contribution in [0, 0.1) is 23.7 Å². The fourth-order valence-electron chi connectivity index (χ4n) is 2.45. The summed E-state index contributed by atoms with van der Waals surface area (Å²) in [4.78, 5) is 0. The quantitative estimate of drug-likeness (QED) is 0.674. The molecule has 0 bridgehead atoms. The van der Waals surface area contributed by atoms with Gasteiger partial charge in [-0.15, -0.1) is 0 Å². The van der Waals surface area contributed by atoms with E-state index in [-0.39, 0.29) is 12.0 Å². The van der Waals surface area contributed by atoms with Gasteiger partial charge in [-0.1, -0.05) is 20.8 Å². The van der Waals surface area contributed by atoms with Crippen molar-refractivity contribution in [1.29, 1.82) is 0 Å². The Balaban J connectivity index is 2.34. The van der Waals surface area contributed by atoms with Crippen LogP contribution in [0.5, 0.6) is 0 Å². The molecule has 90 valence electrons. The highest BCUT2D eigenvalue weighted by Gasteiger charge is 2.35. The van der Waals surface area contributed by atoms with Crippen LogP contribution in [0.3, 0.4) is 0 Å². The molecule has 0 aromatic rings. The molecule has 0 heterocycles. The highest BCUT2D eigenvalue weighted by molar-refractivity contribution is 4.83. The molecular formula is C13H25FO. The first-order valence-corrected chi connectivity index (χ1v) is 6.21.